The Morgan fingerprint density at radius 3 is 1.89 bits per heavy atom. The van der Waals surface area contributed by atoms with E-state index in [2.05, 4.69) is 104 Å². The van der Waals surface area contributed by atoms with E-state index in [9.17, 15) is 0 Å². The summed E-state index contributed by atoms with van der Waals surface area (Å²) < 4.78 is 1.80. The predicted octanol–water partition coefficient (Wildman–Crippen LogP) is 12.2. The average molecular weight is 692 g/mol. The number of hydrogen-bond acceptors (Lipinski definition) is 0. The van der Waals surface area contributed by atoms with Crippen LogP contribution in [0.1, 0.15) is 155 Å². The molecule has 244 valence electrons. The molecule has 0 radical (unpaired) electrons. The Morgan fingerprint density at radius 1 is 0.804 bits per heavy atom. The van der Waals surface area contributed by atoms with E-state index in [-0.39, 0.29) is 10.8 Å². The summed E-state index contributed by atoms with van der Waals surface area (Å²) in [7, 11) is 0. The van der Waals surface area contributed by atoms with Crippen LogP contribution >= 0.6 is 0 Å². The van der Waals surface area contributed by atoms with Crippen molar-refractivity contribution in [2.75, 3.05) is 0 Å². The van der Waals surface area contributed by atoms with Crippen molar-refractivity contribution in [1.29, 1.82) is 0 Å². The zero-order valence-electron chi connectivity index (χ0n) is 30.5. The second-order valence-corrected chi connectivity index (χ2v) is 20.1. The molecule has 1 atom stereocenters. The number of fused-ring (bicyclic) bond motifs is 3. The maximum absolute atomic E-state index is 3.57. The Morgan fingerprint density at radius 2 is 1.39 bits per heavy atom. The molecular formula is C45H60Zr. The molecule has 5 fully saturated rings. The first-order valence-electron chi connectivity index (χ1n) is 18.7. The van der Waals surface area contributed by atoms with Crippen LogP contribution in [-0.4, -0.2) is 3.21 Å². The Kier molecular flexibility index (Phi) is 10.2. The van der Waals surface area contributed by atoms with Crippen LogP contribution in [0.25, 0.3) is 11.1 Å². The van der Waals surface area contributed by atoms with E-state index in [1.54, 1.807) is 71.5 Å². The van der Waals surface area contributed by atoms with Crippen LogP contribution in [0, 0.1) is 41.2 Å². The summed E-state index contributed by atoms with van der Waals surface area (Å²) in [6.45, 7) is 18.2. The van der Waals surface area contributed by atoms with Crippen LogP contribution in [0.4, 0.5) is 0 Å². The molecule has 1 unspecified atom stereocenters. The van der Waals surface area contributed by atoms with Crippen LogP contribution < -0.4 is 0 Å². The summed E-state index contributed by atoms with van der Waals surface area (Å²) in [6.07, 6.45) is 25.1. The average Bonchev–Trinajstić information content (AvgIpc) is 3.49. The fourth-order valence-corrected chi connectivity index (χ4v) is 10.8. The van der Waals surface area contributed by atoms with E-state index in [1.807, 2.05) is 0 Å². The first-order valence-corrected chi connectivity index (χ1v) is 20.0. The van der Waals surface area contributed by atoms with Gasteiger partial charge in [-0.2, -0.15) is 41.0 Å². The molecule has 2 aromatic rings. The zero-order chi connectivity index (χ0) is 32.9. The molecule has 9 rings (SSSR count). The van der Waals surface area contributed by atoms with Crippen molar-refractivity contribution in [3.63, 3.8) is 0 Å². The quantitative estimate of drug-likeness (QED) is 0.235. The van der Waals surface area contributed by atoms with E-state index < -0.39 is 0 Å². The van der Waals surface area contributed by atoms with Crippen molar-refractivity contribution in [2.45, 2.75) is 150 Å². The topological polar surface area (TPSA) is 0 Å². The van der Waals surface area contributed by atoms with E-state index in [0.717, 1.165) is 24.2 Å². The van der Waals surface area contributed by atoms with Crippen molar-refractivity contribution < 1.29 is 24.2 Å². The molecule has 0 amide bonds. The van der Waals surface area contributed by atoms with Crippen molar-refractivity contribution in [3.05, 3.63) is 82.0 Å². The van der Waals surface area contributed by atoms with E-state index in [0.29, 0.717) is 11.3 Å². The van der Waals surface area contributed by atoms with Crippen molar-refractivity contribution in [3.8, 4) is 11.1 Å². The molecule has 7 aliphatic rings. The minimum atomic E-state index is 0.177. The molecule has 0 spiro atoms. The summed E-state index contributed by atoms with van der Waals surface area (Å²) in [4.78, 5) is 0. The number of hydrogen-bond donors (Lipinski definition) is 0. The molecule has 0 N–H and O–H groups in total. The van der Waals surface area contributed by atoms with Gasteiger partial charge in [0, 0.05) is 0 Å². The number of allylic oxidation sites excluding steroid dienone is 4. The van der Waals surface area contributed by atoms with Gasteiger partial charge in [-0.25, -0.2) is 5.57 Å². The van der Waals surface area contributed by atoms with Crippen LogP contribution in [0.15, 0.2) is 47.6 Å². The number of benzene rings is 2. The Labute approximate surface area is 297 Å². The van der Waals surface area contributed by atoms with Crippen molar-refractivity contribution >= 4 is 3.21 Å². The third kappa shape index (κ3) is 7.93. The first kappa shape index (κ1) is 34.5. The molecule has 4 bridgehead atoms. The molecule has 0 aromatic heterocycles. The maximum atomic E-state index is 3.57. The SMILES string of the molecule is CC(C)(C)c1c[c-]c2c(c1)-c1cc(C(C)(C)C)ccc1C2.CC1=[C-]C(C)C=C1CC12CC3CC(CC(C3)C1)C2.[Zr+2]=[C]1CCCCC1. The normalized spacial score (nSPS) is 29.2. The van der Waals surface area contributed by atoms with E-state index in [1.165, 1.54) is 77.5 Å². The van der Waals surface area contributed by atoms with Gasteiger partial charge in [0.1, 0.15) is 0 Å². The second kappa shape index (κ2) is 13.5. The molecule has 7 aliphatic carbocycles. The van der Waals surface area contributed by atoms with Gasteiger partial charge in [0.15, 0.2) is 0 Å². The van der Waals surface area contributed by atoms with E-state index >= 15 is 0 Å². The zero-order valence-corrected chi connectivity index (χ0v) is 32.9. The molecule has 1 heteroatoms. The van der Waals surface area contributed by atoms with Crippen LogP contribution in [0.5, 0.6) is 0 Å². The van der Waals surface area contributed by atoms with Crippen molar-refractivity contribution in [2.24, 2.45) is 29.1 Å². The Bertz CT molecular complexity index is 1390. The van der Waals surface area contributed by atoms with E-state index in [4.69, 9.17) is 0 Å². The molecule has 0 nitrogen and oxygen atoms in total. The summed E-state index contributed by atoms with van der Waals surface area (Å²) in [6, 6.07) is 15.1. The fraction of sp³-hybridized carbons (Fsp3) is 0.622. The van der Waals surface area contributed by atoms with Gasteiger partial charge in [0.25, 0.3) is 0 Å². The van der Waals surface area contributed by atoms with Gasteiger partial charge >= 0.3 is 59.5 Å². The van der Waals surface area contributed by atoms with Crippen LogP contribution in [0.3, 0.4) is 0 Å². The molecular weight excluding hydrogens is 632 g/mol. The monoisotopic (exact) mass is 690 g/mol. The molecule has 46 heavy (non-hydrogen) atoms. The Balaban J connectivity index is 0.000000135. The van der Waals surface area contributed by atoms with Gasteiger partial charge in [-0.15, -0.1) is 5.56 Å². The number of rotatable bonds is 2. The van der Waals surface area contributed by atoms with Gasteiger partial charge in [-0.3, -0.25) is 6.08 Å². The standard InChI is InChI=1S/C21H25.C18H25.C6H10.Zr/c1-20(2,3)16-9-7-14-11-15-8-10-17(21(4,5)6)13-19(15)18(14)12-16;1-12-3-13(2)17(4-12)11-18-8-14-5-15(9-18)7-16(6-14)10-18;1-2-4-6-5-3-1;/h7,9-10,12-13H,11H2,1-6H3;4,12,14-16H,5-11H2,1-2H3;1-5H2;/q2*-1;;+2. The summed E-state index contributed by atoms with van der Waals surface area (Å²) in [5.41, 5.74) is 12.6. The molecule has 0 heterocycles. The van der Waals surface area contributed by atoms with Gasteiger partial charge < -0.3 is 0 Å². The summed E-state index contributed by atoms with van der Waals surface area (Å²) in [5.74, 6) is 3.82. The molecule has 0 aliphatic heterocycles. The van der Waals surface area contributed by atoms with Gasteiger partial charge in [0.2, 0.25) is 0 Å². The Hall–Kier alpha value is -1.33. The van der Waals surface area contributed by atoms with Gasteiger partial charge in [0.05, 0.1) is 0 Å². The third-order valence-electron chi connectivity index (χ3n) is 12.1. The summed E-state index contributed by atoms with van der Waals surface area (Å²) >= 11 is 1.69. The predicted molar refractivity (Wildman–Crippen MR) is 194 cm³/mol. The van der Waals surface area contributed by atoms with Crippen LogP contribution in [0.2, 0.25) is 0 Å². The van der Waals surface area contributed by atoms with Gasteiger partial charge in [-0.05, 0) is 79.1 Å². The van der Waals surface area contributed by atoms with Crippen molar-refractivity contribution in [1.82, 2.24) is 0 Å². The minimum absolute atomic E-state index is 0.177. The molecule has 0 saturated heterocycles. The van der Waals surface area contributed by atoms with Gasteiger partial charge in [-0.1, -0.05) is 102 Å². The first-order chi connectivity index (χ1) is 21.7. The third-order valence-corrected chi connectivity index (χ3v) is 13.3. The summed E-state index contributed by atoms with van der Waals surface area (Å²) in [5, 5.41) is 0. The second-order valence-electron chi connectivity index (χ2n) is 18.3. The molecule has 5 saturated carbocycles. The van der Waals surface area contributed by atoms with Crippen LogP contribution in [-0.2, 0) is 41.5 Å². The fourth-order valence-electron chi connectivity index (χ4n) is 9.97. The molecule has 2 aromatic carbocycles.